The van der Waals surface area contributed by atoms with E-state index in [-0.39, 0.29) is 11.5 Å². The maximum atomic E-state index is 12.7. The van der Waals surface area contributed by atoms with Gasteiger partial charge in [-0.05, 0) is 50.2 Å². The molecular weight excluding hydrogens is 338 g/mol. The smallest absolute Gasteiger partial charge is 0.340 e. The minimum atomic E-state index is -3.09. The number of carbonyl (C=O) groups excluding carboxylic acids is 1. The van der Waals surface area contributed by atoms with Crippen LogP contribution in [-0.4, -0.2) is 37.0 Å². The molecule has 6 heteroatoms. The van der Waals surface area contributed by atoms with Gasteiger partial charge in [-0.3, -0.25) is 0 Å². The first-order chi connectivity index (χ1) is 12.0. The Morgan fingerprint density at radius 1 is 1.12 bits per heavy atom. The highest BCUT2D eigenvalue weighted by atomic mass is 32.2. The monoisotopic (exact) mass is 361 g/mol. The summed E-state index contributed by atoms with van der Waals surface area (Å²) in [4.78, 5) is 16.1. The zero-order valence-corrected chi connectivity index (χ0v) is 15.0. The van der Waals surface area contributed by atoms with E-state index < -0.39 is 21.9 Å². The van der Waals surface area contributed by atoms with E-state index in [1.165, 1.54) is 30.5 Å². The van der Waals surface area contributed by atoms with Crippen LogP contribution in [0, 0.1) is 0 Å². The van der Waals surface area contributed by atoms with Crippen molar-refractivity contribution < 1.29 is 17.9 Å². The molecule has 1 aliphatic carbocycles. The summed E-state index contributed by atoms with van der Waals surface area (Å²) in [5.41, 5.74) is 3.89. The van der Waals surface area contributed by atoms with E-state index in [2.05, 4.69) is 11.1 Å². The summed E-state index contributed by atoms with van der Waals surface area (Å²) in [6, 6.07) is 5.70. The molecule has 1 atom stereocenters. The van der Waals surface area contributed by atoms with E-state index in [0.717, 1.165) is 23.7 Å². The number of fused-ring (bicyclic) bond motifs is 3. The first kappa shape index (κ1) is 16.6. The predicted molar refractivity (Wildman–Crippen MR) is 96.6 cm³/mol. The van der Waals surface area contributed by atoms with Crippen LogP contribution in [0.1, 0.15) is 53.7 Å². The van der Waals surface area contributed by atoms with Gasteiger partial charge in [0, 0.05) is 11.1 Å². The fourth-order valence-electron chi connectivity index (χ4n) is 4.07. The molecule has 2 aromatic rings. The van der Waals surface area contributed by atoms with Crippen LogP contribution < -0.4 is 0 Å². The number of aromatic amines is 1. The van der Waals surface area contributed by atoms with Crippen molar-refractivity contribution in [2.45, 2.75) is 51.0 Å². The standard InChI is InChI=1S/C19H23NO4S/c21-19(24-13-6-5-11-25(22,23)12-13)16-9-4-8-15-14-7-2-1-3-10-17(14)20-18(15)16/h4,8-9,13,20H,1-3,5-7,10-12H2/t13-/m1/s1. The summed E-state index contributed by atoms with van der Waals surface area (Å²) in [6.45, 7) is 0. The largest absolute Gasteiger partial charge is 0.458 e. The minimum Gasteiger partial charge on any atom is -0.458 e. The van der Waals surface area contributed by atoms with Gasteiger partial charge in [-0.2, -0.15) is 0 Å². The van der Waals surface area contributed by atoms with E-state index >= 15 is 0 Å². The number of nitrogens with one attached hydrogen (secondary N) is 1. The third-order valence-corrected chi connectivity index (χ3v) is 7.09. The number of aromatic nitrogens is 1. The number of carbonyl (C=O) groups is 1. The van der Waals surface area contributed by atoms with Gasteiger partial charge in [-0.25, -0.2) is 13.2 Å². The maximum absolute atomic E-state index is 12.7. The first-order valence-corrected chi connectivity index (χ1v) is 10.9. The molecule has 2 aliphatic rings. The fourth-order valence-corrected chi connectivity index (χ4v) is 5.64. The average molecular weight is 361 g/mol. The third kappa shape index (κ3) is 3.32. The number of benzene rings is 1. The van der Waals surface area contributed by atoms with Gasteiger partial charge in [0.2, 0.25) is 0 Å². The molecule has 1 fully saturated rings. The van der Waals surface area contributed by atoms with Crippen LogP contribution in [0.2, 0.25) is 0 Å². The second-order valence-corrected chi connectivity index (χ2v) is 9.38. The summed E-state index contributed by atoms with van der Waals surface area (Å²) in [5.74, 6) is -0.292. The summed E-state index contributed by atoms with van der Waals surface area (Å²) in [6.07, 6.45) is 6.27. The van der Waals surface area contributed by atoms with Crippen LogP contribution in [0.25, 0.3) is 10.9 Å². The number of hydrogen-bond donors (Lipinski definition) is 1. The SMILES string of the molecule is O=C(O[C@@H]1CCCS(=O)(=O)C1)c1cccc2c3c([nH]c12)CCCCC3. The molecule has 1 aliphatic heterocycles. The number of rotatable bonds is 2. The van der Waals surface area contributed by atoms with Crippen molar-refractivity contribution in [3.8, 4) is 0 Å². The summed E-state index contributed by atoms with van der Waals surface area (Å²) in [5, 5.41) is 1.10. The van der Waals surface area contributed by atoms with Crippen molar-refractivity contribution in [2.24, 2.45) is 0 Å². The van der Waals surface area contributed by atoms with Gasteiger partial charge >= 0.3 is 5.97 Å². The topological polar surface area (TPSA) is 76.2 Å². The lowest BCUT2D eigenvalue weighted by atomic mass is 10.0. The highest BCUT2D eigenvalue weighted by Gasteiger charge is 2.28. The van der Waals surface area contributed by atoms with Crippen molar-refractivity contribution >= 4 is 26.7 Å². The zero-order chi connectivity index (χ0) is 17.4. The van der Waals surface area contributed by atoms with Gasteiger partial charge in [0.25, 0.3) is 0 Å². The summed E-state index contributed by atoms with van der Waals surface area (Å²) in [7, 11) is -3.09. The molecule has 1 N–H and O–H groups in total. The Balaban J connectivity index is 1.64. The molecule has 25 heavy (non-hydrogen) atoms. The number of sulfone groups is 1. The van der Waals surface area contributed by atoms with Crippen LogP contribution in [0.5, 0.6) is 0 Å². The van der Waals surface area contributed by atoms with Gasteiger partial charge < -0.3 is 9.72 Å². The molecule has 0 amide bonds. The fraction of sp³-hybridized carbons (Fsp3) is 0.526. The lowest BCUT2D eigenvalue weighted by Crippen LogP contribution is -2.33. The molecule has 4 rings (SSSR count). The Morgan fingerprint density at radius 3 is 2.80 bits per heavy atom. The van der Waals surface area contributed by atoms with Crippen molar-refractivity contribution in [1.29, 1.82) is 0 Å². The molecule has 5 nitrogen and oxygen atoms in total. The highest BCUT2D eigenvalue weighted by molar-refractivity contribution is 7.91. The third-order valence-electron chi connectivity index (χ3n) is 5.30. The average Bonchev–Trinajstić information content (AvgIpc) is 2.75. The lowest BCUT2D eigenvalue weighted by Gasteiger charge is -2.22. The Morgan fingerprint density at radius 2 is 1.96 bits per heavy atom. The van der Waals surface area contributed by atoms with Crippen molar-refractivity contribution in [3.05, 3.63) is 35.0 Å². The molecule has 134 valence electrons. The number of para-hydroxylation sites is 1. The van der Waals surface area contributed by atoms with Crippen LogP contribution >= 0.6 is 0 Å². The van der Waals surface area contributed by atoms with E-state index in [1.807, 2.05) is 6.07 Å². The summed E-state index contributed by atoms with van der Waals surface area (Å²) < 4.78 is 29.1. The molecule has 2 heterocycles. The quantitative estimate of drug-likeness (QED) is 0.658. The molecule has 1 aromatic carbocycles. The van der Waals surface area contributed by atoms with Gasteiger partial charge in [-0.1, -0.05) is 18.6 Å². The Bertz CT molecular complexity index is 913. The molecule has 0 saturated carbocycles. The molecule has 0 spiro atoms. The number of ether oxygens (including phenoxy) is 1. The van der Waals surface area contributed by atoms with Crippen molar-refractivity contribution in [2.75, 3.05) is 11.5 Å². The van der Waals surface area contributed by atoms with Gasteiger partial charge in [-0.15, -0.1) is 0 Å². The number of aryl methyl sites for hydroxylation is 2. The number of H-pyrrole nitrogens is 1. The van der Waals surface area contributed by atoms with Crippen LogP contribution in [0.3, 0.4) is 0 Å². The first-order valence-electron chi connectivity index (χ1n) is 9.07. The van der Waals surface area contributed by atoms with Crippen LogP contribution in [0.15, 0.2) is 18.2 Å². The van der Waals surface area contributed by atoms with Gasteiger partial charge in [0.15, 0.2) is 9.84 Å². The van der Waals surface area contributed by atoms with E-state index in [0.29, 0.717) is 18.4 Å². The molecule has 1 aromatic heterocycles. The normalized spacial score (nSPS) is 23.0. The molecule has 1 saturated heterocycles. The van der Waals surface area contributed by atoms with Gasteiger partial charge in [0.05, 0.1) is 22.6 Å². The molecular formula is C19H23NO4S. The van der Waals surface area contributed by atoms with Crippen molar-refractivity contribution in [3.63, 3.8) is 0 Å². The lowest BCUT2D eigenvalue weighted by molar-refractivity contribution is 0.0326. The Labute approximate surface area is 147 Å². The maximum Gasteiger partial charge on any atom is 0.340 e. The van der Waals surface area contributed by atoms with Crippen LogP contribution in [0.4, 0.5) is 0 Å². The highest BCUT2D eigenvalue weighted by Crippen LogP contribution is 2.31. The number of esters is 1. The van der Waals surface area contributed by atoms with E-state index in [1.54, 1.807) is 6.07 Å². The number of hydrogen-bond acceptors (Lipinski definition) is 4. The summed E-state index contributed by atoms with van der Waals surface area (Å²) >= 11 is 0. The minimum absolute atomic E-state index is 0.0596. The Kier molecular flexibility index (Phi) is 4.31. The molecule has 0 bridgehead atoms. The van der Waals surface area contributed by atoms with Crippen LogP contribution in [-0.2, 0) is 27.4 Å². The van der Waals surface area contributed by atoms with E-state index in [4.69, 9.17) is 4.74 Å². The second kappa shape index (κ2) is 6.48. The molecule has 0 unspecified atom stereocenters. The van der Waals surface area contributed by atoms with Crippen molar-refractivity contribution in [1.82, 2.24) is 4.98 Å². The second-order valence-electron chi connectivity index (χ2n) is 7.15. The van der Waals surface area contributed by atoms with Gasteiger partial charge in [0.1, 0.15) is 6.10 Å². The Hall–Kier alpha value is -1.82. The molecule has 0 radical (unpaired) electrons. The van der Waals surface area contributed by atoms with E-state index in [9.17, 15) is 13.2 Å². The predicted octanol–water partition coefficient (Wildman–Crippen LogP) is 3.17. The zero-order valence-electron chi connectivity index (χ0n) is 14.2.